The first-order valence-electron chi connectivity index (χ1n) is 10.1. The number of imide groups is 1. The zero-order valence-corrected chi connectivity index (χ0v) is 19.1. The molecule has 1 aliphatic heterocycles. The van der Waals surface area contributed by atoms with Crippen molar-refractivity contribution in [3.63, 3.8) is 0 Å². The van der Waals surface area contributed by atoms with Gasteiger partial charge in [-0.25, -0.2) is 4.99 Å². The van der Waals surface area contributed by atoms with Gasteiger partial charge in [-0.1, -0.05) is 17.7 Å². The van der Waals surface area contributed by atoms with Crippen LogP contribution in [0.3, 0.4) is 0 Å². The van der Waals surface area contributed by atoms with Crippen molar-refractivity contribution >= 4 is 58.5 Å². The molecule has 3 heterocycles. The zero-order valence-electron chi connectivity index (χ0n) is 18.2. The lowest BCUT2D eigenvalue weighted by molar-refractivity contribution is -0.126. The van der Waals surface area contributed by atoms with Crippen LogP contribution in [0.15, 0.2) is 53.8 Å². The minimum Gasteiger partial charge on any atom is -0.357 e. The molecule has 1 fully saturated rings. The molecule has 0 saturated carbocycles. The molecule has 0 atom stereocenters. The van der Waals surface area contributed by atoms with E-state index in [4.69, 9.17) is 12.2 Å². The number of benzene rings is 1. The number of pyridine rings is 1. The molecule has 1 aliphatic rings. The number of aromatic nitrogens is 4. The van der Waals surface area contributed by atoms with E-state index in [2.05, 4.69) is 46.3 Å². The smallest absolute Gasteiger partial charge is 0.281 e. The van der Waals surface area contributed by atoms with Crippen LogP contribution in [0.4, 0.5) is 23.5 Å². The maximum absolute atomic E-state index is 12.5. The summed E-state index contributed by atoms with van der Waals surface area (Å²) in [6.07, 6.45) is 2.80. The Kier molecular flexibility index (Phi) is 6.64. The number of hydrazine groups is 1. The third-order valence-corrected chi connectivity index (χ3v) is 4.74. The van der Waals surface area contributed by atoms with E-state index in [1.807, 2.05) is 31.2 Å². The van der Waals surface area contributed by atoms with Crippen molar-refractivity contribution in [2.75, 3.05) is 23.0 Å². The number of thiocarbonyl (C=S) groups is 1. The number of aryl methyl sites for hydroxylation is 1. The predicted octanol–water partition coefficient (Wildman–Crippen LogP) is 2.03. The van der Waals surface area contributed by atoms with Crippen LogP contribution in [0.5, 0.6) is 0 Å². The molecule has 0 aliphatic carbocycles. The molecule has 0 unspecified atom stereocenters. The topological polar surface area (TPSA) is 149 Å². The van der Waals surface area contributed by atoms with Gasteiger partial charge in [-0.05, 0) is 43.4 Å². The quantitative estimate of drug-likeness (QED) is 0.316. The van der Waals surface area contributed by atoms with Gasteiger partial charge in [0.25, 0.3) is 11.8 Å². The first-order chi connectivity index (χ1) is 16.4. The molecule has 34 heavy (non-hydrogen) atoms. The van der Waals surface area contributed by atoms with Gasteiger partial charge in [-0.2, -0.15) is 20.0 Å². The maximum Gasteiger partial charge on any atom is 0.281 e. The molecule has 2 aromatic heterocycles. The molecule has 1 aromatic carbocycles. The Bertz CT molecular complexity index is 1260. The summed E-state index contributed by atoms with van der Waals surface area (Å²) in [6.45, 7) is 2.00. The Morgan fingerprint density at radius 1 is 1.12 bits per heavy atom. The highest BCUT2D eigenvalue weighted by molar-refractivity contribution is 7.80. The lowest BCUT2D eigenvalue weighted by atomic mass is 10.2. The number of amidine groups is 1. The van der Waals surface area contributed by atoms with E-state index >= 15 is 0 Å². The second-order valence-corrected chi connectivity index (χ2v) is 7.49. The number of nitrogens with one attached hydrogen (secondary N) is 4. The summed E-state index contributed by atoms with van der Waals surface area (Å²) in [4.78, 5) is 45.7. The fourth-order valence-electron chi connectivity index (χ4n) is 2.91. The van der Waals surface area contributed by atoms with Gasteiger partial charge in [0.05, 0.1) is 12.0 Å². The van der Waals surface area contributed by atoms with Crippen molar-refractivity contribution in [3.8, 4) is 0 Å². The second-order valence-electron chi connectivity index (χ2n) is 7.10. The molecule has 2 amide bonds. The fourth-order valence-corrected chi connectivity index (χ4v) is 3.11. The van der Waals surface area contributed by atoms with E-state index in [9.17, 15) is 9.59 Å². The van der Waals surface area contributed by atoms with Crippen LogP contribution in [0, 0.1) is 6.92 Å². The molecule has 4 rings (SSSR count). The normalized spacial score (nSPS) is 14.0. The number of hydrogen-bond donors (Lipinski definition) is 4. The molecule has 3 aromatic rings. The number of amides is 2. The lowest BCUT2D eigenvalue weighted by Gasteiger charge is -2.13. The summed E-state index contributed by atoms with van der Waals surface area (Å²) < 4.78 is 0. The summed E-state index contributed by atoms with van der Waals surface area (Å²) in [5.41, 5.74) is 4.88. The molecular weight excluding hydrogens is 456 g/mol. The van der Waals surface area contributed by atoms with Crippen LogP contribution >= 0.6 is 12.2 Å². The molecule has 0 bridgehead atoms. The highest BCUT2D eigenvalue weighted by Crippen LogP contribution is 2.16. The van der Waals surface area contributed by atoms with Crippen LogP contribution in [-0.4, -0.2) is 54.8 Å². The van der Waals surface area contributed by atoms with E-state index in [0.717, 1.165) is 16.3 Å². The highest BCUT2D eigenvalue weighted by Gasteiger charge is 2.32. The Morgan fingerprint density at radius 2 is 1.85 bits per heavy atom. The molecule has 0 spiro atoms. The summed E-state index contributed by atoms with van der Waals surface area (Å²) in [5, 5.41) is 9.65. The second kappa shape index (κ2) is 9.95. The van der Waals surface area contributed by atoms with Gasteiger partial charge < -0.3 is 10.6 Å². The zero-order chi connectivity index (χ0) is 24.1. The molecular formula is C21H20N10O2S. The number of rotatable bonds is 5. The molecule has 172 valence electrons. The summed E-state index contributed by atoms with van der Waals surface area (Å²) in [6, 6.07) is 10.9. The van der Waals surface area contributed by atoms with Gasteiger partial charge in [0.2, 0.25) is 23.0 Å². The van der Waals surface area contributed by atoms with Crippen LogP contribution in [0.1, 0.15) is 22.3 Å². The fraction of sp³-hybridized carbons (Fsp3) is 0.143. The number of carbonyl (C=O) groups excluding carboxylic acids is 2. The van der Waals surface area contributed by atoms with Crippen LogP contribution in [0.25, 0.3) is 0 Å². The third kappa shape index (κ3) is 5.45. The van der Waals surface area contributed by atoms with E-state index in [0.29, 0.717) is 11.9 Å². The van der Waals surface area contributed by atoms with E-state index in [-0.39, 0.29) is 28.9 Å². The van der Waals surface area contributed by atoms with E-state index < -0.39 is 11.8 Å². The van der Waals surface area contributed by atoms with Crippen LogP contribution in [-0.2, 0) is 4.79 Å². The average molecular weight is 477 g/mol. The molecule has 13 heteroatoms. The van der Waals surface area contributed by atoms with Crippen molar-refractivity contribution in [1.29, 1.82) is 0 Å². The number of carbonyl (C=O) groups is 2. The largest absolute Gasteiger partial charge is 0.357 e. The standard InChI is InChI=1S/C21H20N10O2S/c1-12-5-7-14(8-6-12)24-19-26-18(22-2)27-20(28-19)29-21(34)25-15-10-16(32)31(30-15)17(33)13-4-3-9-23-11-13/h3-9,11H,10H2,1-2H3,(H4,22,24,25,26,27,28,29,30,34). The first-order valence-corrected chi connectivity index (χ1v) is 10.5. The Hall–Kier alpha value is -4.52. The summed E-state index contributed by atoms with van der Waals surface area (Å²) in [7, 11) is 1.68. The first kappa shape index (κ1) is 22.7. The van der Waals surface area contributed by atoms with Crippen LogP contribution in [0.2, 0.25) is 0 Å². The van der Waals surface area contributed by atoms with Gasteiger partial charge in [0.1, 0.15) is 5.84 Å². The number of hydrogen-bond acceptors (Lipinski definition) is 9. The molecule has 4 N–H and O–H groups in total. The van der Waals surface area contributed by atoms with Crippen molar-refractivity contribution in [2.24, 2.45) is 4.99 Å². The maximum atomic E-state index is 12.5. The van der Waals surface area contributed by atoms with Gasteiger partial charge in [0.15, 0.2) is 0 Å². The Labute approximate surface area is 199 Å². The Balaban J connectivity index is 1.45. The van der Waals surface area contributed by atoms with Gasteiger partial charge in [0, 0.05) is 25.1 Å². The third-order valence-electron chi connectivity index (χ3n) is 4.54. The number of anilines is 4. The van der Waals surface area contributed by atoms with E-state index in [1.165, 1.54) is 12.4 Å². The SMILES string of the molecule is CNc1nc(NC(=S)/N=C2\CC(=O)N(C(=O)c3cccnc3)N2)nc(Nc2ccc(C)cc2)n1. The van der Waals surface area contributed by atoms with Crippen molar-refractivity contribution in [2.45, 2.75) is 13.3 Å². The monoisotopic (exact) mass is 476 g/mol. The number of aliphatic imine (C=N–C) groups is 1. The van der Waals surface area contributed by atoms with Gasteiger partial charge in [-0.3, -0.25) is 25.3 Å². The van der Waals surface area contributed by atoms with Gasteiger partial charge in [-0.15, -0.1) is 0 Å². The number of nitrogens with zero attached hydrogens (tertiary/aromatic N) is 6. The summed E-state index contributed by atoms with van der Waals surface area (Å²) >= 11 is 5.27. The molecule has 12 nitrogen and oxygen atoms in total. The van der Waals surface area contributed by atoms with Crippen molar-refractivity contribution < 1.29 is 9.59 Å². The molecule has 1 saturated heterocycles. The van der Waals surface area contributed by atoms with Gasteiger partial charge >= 0.3 is 0 Å². The van der Waals surface area contributed by atoms with Crippen molar-refractivity contribution in [1.82, 2.24) is 30.4 Å². The summed E-state index contributed by atoms with van der Waals surface area (Å²) in [5.74, 6) is -0.0344. The van der Waals surface area contributed by atoms with E-state index in [1.54, 1.807) is 19.2 Å². The molecule has 0 radical (unpaired) electrons. The van der Waals surface area contributed by atoms with Crippen molar-refractivity contribution in [3.05, 3.63) is 59.9 Å². The average Bonchev–Trinajstić information content (AvgIpc) is 3.19. The predicted molar refractivity (Wildman–Crippen MR) is 131 cm³/mol. The lowest BCUT2D eigenvalue weighted by Crippen LogP contribution is -2.41. The minimum absolute atomic E-state index is 0.000478. The minimum atomic E-state index is -0.537. The van der Waals surface area contributed by atoms with Crippen LogP contribution < -0.4 is 21.4 Å². The highest BCUT2D eigenvalue weighted by atomic mass is 32.1. The Morgan fingerprint density at radius 3 is 2.56 bits per heavy atom.